The van der Waals surface area contributed by atoms with Crippen LogP contribution in [0.1, 0.15) is 78.7 Å². The molecule has 0 bridgehead atoms. The molecule has 0 saturated heterocycles. The Hall–Kier alpha value is -2.71. The van der Waals surface area contributed by atoms with Crippen molar-refractivity contribution < 1.29 is 12.8 Å². The largest absolute Gasteiger partial charge is 0.419 e. The Morgan fingerprint density at radius 2 is 1.84 bits per heavy atom. The molecule has 1 fully saturated rings. The summed E-state index contributed by atoms with van der Waals surface area (Å²) in [5.41, 5.74) is 7.72. The van der Waals surface area contributed by atoms with Crippen molar-refractivity contribution in [2.24, 2.45) is 17.6 Å². The first-order valence-corrected chi connectivity index (χ1v) is 15.0. The van der Waals surface area contributed by atoms with Crippen LogP contribution in [-0.4, -0.2) is 31.4 Å². The van der Waals surface area contributed by atoms with Crippen LogP contribution in [0.15, 0.2) is 53.0 Å². The summed E-state index contributed by atoms with van der Waals surface area (Å²) in [5.74, 6) is 1.93. The van der Waals surface area contributed by atoms with Gasteiger partial charge in [0, 0.05) is 12.1 Å². The minimum absolute atomic E-state index is 0.318. The van der Waals surface area contributed by atoms with Crippen molar-refractivity contribution in [3.8, 4) is 11.5 Å². The fraction of sp³-hybridized carbons (Fsp3) is 0.517. The van der Waals surface area contributed by atoms with E-state index in [0.717, 1.165) is 12.0 Å². The van der Waals surface area contributed by atoms with Crippen LogP contribution >= 0.6 is 0 Å². The number of nitrogens with zero attached hydrogens (tertiary/aromatic N) is 3. The SMILES string of the molecule is C/C=C/C[C@@](C)(N)c1nnc(-c2cc(/C=C\C3CC3C)cc(N(CCC)S(C)(=O)=O)c2)o1.C/C=C\CC. The average molecular weight is 529 g/mol. The molecular weight excluding hydrogens is 484 g/mol. The van der Waals surface area contributed by atoms with E-state index in [2.05, 4.69) is 42.3 Å². The van der Waals surface area contributed by atoms with Crippen LogP contribution in [0.2, 0.25) is 0 Å². The lowest BCUT2D eigenvalue weighted by atomic mass is 9.99. The van der Waals surface area contributed by atoms with Gasteiger partial charge >= 0.3 is 0 Å². The Morgan fingerprint density at radius 3 is 2.35 bits per heavy atom. The second kappa shape index (κ2) is 13.7. The third kappa shape index (κ3) is 9.27. The molecule has 0 aliphatic heterocycles. The summed E-state index contributed by atoms with van der Waals surface area (Å²) < 4.78 is 32.3. The van der Waals surface area contributed by atoms with Crippen LogP contribution in [0.5, 0.6) is 0 Å². The second-order valence-electron chi connectivity index (χ2n) is 9.96. The van der Waals surface area contributed by atoms with Gasteiger partial charge < -0.3 is 10.2 Å². The zero-order valence-electron chi connectivity index (χ0n) is 23.4. The molecule has 3 atom stereocenters. The molecule has 0 amide bonds. The molecule has 204 valence electrons. The monoisotopic (exact) mass is 528 g/mol. The number of hydrogen-bond donors (Lipinski definition) is 1. The van der Waals surface area contributed by atoms with Gasteiger partial charge in [0.2, 0.25) is 21.8 Å². The number of rotatable bonds is 11. The lowest BCUT2D eigenvalue weighted by Crippen LogP contribution is -2.32. The molecule has 2 unspecified atom stereocenters. The van der Waals surface area contributed by atoms with E-state index < -0.39 is 15.6 Å². The molecule has 2 aromatic rings. The third-order valence-corrected chi connectivity index (χ3v) is 7.37. The number of nitrogens with two attached hydrogens (primary N) is 1. The molecule has 0 radical (unpaired) electrons. The maximum absolute atomic E-state index is 12.5. The van der Waals surface area contributed by atoms with Crippen molar-refractivity contribution in [1.82, 2.24) is 10.2 Å². The van der Waals surface area contributed by atoms with Gasteiger partial charge in [0.15, 0.2) is 0 Å². The molecule has 37 heavy (non-hydrogen) atoms. The molecule has 0 spiro atoms. The predicted molar refractivity (Wildman–Crippen MR) is 155 cm³/mol. The molecule has 7 nitrogen and oxygen atoms in total. The highest BCUT2D eigenvalue weighted by molar-refractivity contribution is 7.92. The van der Waals surface area contributed by atoms with Crippen molar-refractivity contribution in [3.63, 3.8) is 0 Å². The molecule has 1 aliphatic carbocycles. The van der Waals surface area contributed by atoms with Crippen LogP contribution in [0, 0.1) is 11.8 Å². The number of anilines is 1. The van der Waals surface area contributed by atoms with Crippen molar-refractivity contribution in [1.29, 1.82) is 0 Å². The molecule has 1 aromatic carbocycles. The highest BCUT2D eigenvalue weighted by Crippen LogP contribution is 2.39. The summed E-state index contributed by atoms with van der Waals surface area (Å²) >= 11 is 0. The first kappa shape index (κ1) is 30.5. The Kier molecular flexibility index (Phi) is 11.3. The summed E-state index contributed by atoms with van der Waals surface area (Å²) in [6.07, 6.45) is 17.1. The summed E-state index contributed by atoms with van der Waals surface area (Å²) in [7, 11) is -3.44. The Morgan fingerprint density at radius 1 is 1.16 bits per heavy atom. The van der Waals surface area contributed by atoms with Gasteiger partial charge in [0.05, 0.1) is 17.5 Å². The van der Waals surface area contributed by atoms with Crippen LogP contribution in [0.3, 0.4) is 0 Å². The van der Waals surface area contributed by atoms with Crippen LogP contribution in [0.25, 0.3) is 17.5 Å². The summed E-state index contributed by atoms with van der Waals surface area (Å²) in [4.78, 5) is 0. The smallest absolute Gasteiger partial charge is 0.247 e. The third-order valence-electron chi connectivity index (χ3n) is 6.17. The molecule has 1 aliphatic rings. The first-order chi connectivity index (χ1) is 17.5. The minimum atomic E-state index is -3.44. The van der Waals surface area contributed by atoms with Crippen LogP contribution in [0.4, 0.5) is 5.69 Å². The van der Waals surface area contributed by atoms with Crippen molar-refractivity contribution in [3.05, 3.63) is 60.0 Å². The van der Waals surface area contributed by atoms with Gasteiger partial charge in [0.25, 0.3) is 0 Å². The van der Waals surface area contributed by atoms with Gasteiger partial charge in [0.1, 0.15) is 0 Å². The van der Waals surface area contributed by atoms with E-state index in [0.29, 0.717) is 54.3 Å². The number of hydrogen-bond acceptors (Lipinski definition) is 6. The van der Waals surface area contributed by atoms with Crippen molar-refractivity contribution in [2.75, 3.05) is 17.1 Å². The molecular formula is C29H44N4O3S. The zero-order valence-corrected chi connectivity index (χ0v) is 24.3. The topological polar surface area (TPSA) is 102 Å². The molecule has 1 saturated carbocycles. The summed E-state index contributed by atoms with van der Waals surface area (Å²) in [5, 5.41) is 8.39. The van der Waals surface area contributed by atoms with Gasteiger partial charge in [-0.05, 0) is 82.1 Å². The Bertz CT molecular complexity index is 1200. The van der Waals surface area contributed by atoms with Gasteiger partial charge in [-0.25, -0.2) is 8.42 Å². The summed E-state index contributed by atoms with van der Waals surface area (Å²) in [6.45, 7) is 12.5. The summed E-state index contributed by atoms with van der Waals surface area (Å²) in [6, 6.07) is 5.61. The second-order valence-corrected chi connectivity index (χ2v) is 11.9. The lowest BCUT2D eigenvalue weighted by molar-refractivity contribution is 0.360. The molecule has 1 aromatic heterocycles. The number of allylic oxidation sites excluding steroid dienone is 4. The van der Waals surface area contributed by atoms with E-state index in [9.17, 15) is 8.42 Å². The van der Waals surface area contributed by atoms with Crippen LogP contribution < -0.4 is 10.0 Å². The highest BCUT2D eigenvalue weighted by atomic mass is 32.2. The van der Waals surface area contributed by atoms with E-state index in [-0.39, 0.29) is 0 Å². The molecule has 8 heteroatoms. The van der Waals surface area contributed by atoms with E-state index in [1.807, 2.05) is 58.1 Å². The number of benzene rings is 1. The van der Waals surface area contributed by atoms with Gasteiger partial charge in [-0.15, -0.1) is 10.2 Å². The average Bonchev–Trinajstić information content (AvgIpc) is 3.31. The van der Waals surface area contributed by atoms with Crippen molar-refractivity contribution >= 4 is 21.8 Å². The van der Waals surface area contributed by atoms with E-state index in [1.54, 1.807) is 6.07 Å². The van der Waals surface area contributed by atoms with Crippen LogP contribution in [-0.2, 0) is 15.6 Å². The van der Waals surface area contributed by atoms with E-state index >= 15 is 0 Å². The maximum Gasteiger partial charge on any atom is 0.247 e. The number of aromatic nitrogens is 2. The maximum atomic E-state index is 12.5. The van der Waals surface area contributed by atoms with E-state index in [4.69, 9.17) is 10.2 Å². The van der Waals surface area contributed by atoms with Gasteiger partial charge in [-0.2, -0.15) is 0 Å². The van der Waals surface area contributed by atoms with Gasteiger partial charge in [-0.1, -0.05) is 57.2 Å². The quantitative estimate of drug-likeness (QED) is 0.326. The Labute approximate surface area is 223 Å². The standard InChI is InChI=1S/C24H34N4O3S.C5H10/c1-6-8-11-24(4,25)23-27-26-22(31-23)20-14-18(9-10-19-13-17(19)3)15-21(16-20)28(12-7-2)32(5,29)30;1-3-5-4-2/h6,8-10,14-17,19H,7,11-13,25H2,1-5H3;3,5H,4H2,1-2H3/b8-6+,10-9-;5-3-/t17?,19?,24-;/m1./s1. The highest BCUT2D eigenvalue weighted by Gasteiger charge is 2.30. The fourth-order valence-corrected chi connectivity index (χ4v) is 4.80. The lowest BCUT2D eigenvalue weighted by Gasteiger charge is -2.22. The normalized spacial score (nSPS) is 19.2. The molecule has 2 N–H and O–H groups in total. The fourth-order valence-electron chi connectivity index (χ4n) is 3.80. The minimum Gasteiger partial charge on any atom is -0.419 e. The van der Waals surface area contributed by atoms with E-state index in [1.165, 1.54) is 17.0 Å². The first-order valence-electron chi connectivity index (χ1n) is 13.1. The molecule has 1 heterocycles. The Balaban J connectivity index is 0.000000877. The molecule has 3 rings (SSSR count). The number of sulfonamides is 1. The van der Waals surface area contributed by atoms with Crippen molar-refractivity contribution in [2.45, 2.75) is 72.8 Å². The van der Waals surface area contributed by atoms with Gasteiger partial charge in [-0.3, -0.25) is 4.31 Å². The zero-order chi connectivity index (χ0) is 27.6. The predicted octanol–water partition coefficient (Wildman–Crippen LogP) is 6.69.